The Hall–Kier alpha value is -3.53. The molecule has 0 spiro atoms. The molecule has 0 saturated heterocycles. The molecular formula is C39H38INO4S. The van der Waals surface area contributed by atoms with E-state index in [0.717, 1.165) is 33.4 Å². The van der Waals surface area contributed by atoms with Crippen LogP contribution in [0.25, 0.3) is 10.8 Å². The number of carbonyl (C=O) groups excluding carboxylic acids is 1. The molecule has 0 aromatic heterocycles. The highest BCUT2D eigenvalue weighted by Crippen LogP contribution is 2.49. The van der Waals surface area contributed by atoms with Crippen LogP contribution < -0.4 is 9.47 Å². The first-order chi connectivity index (χ1) is 22.4. The van der Waals surface area contributed by atoms with Gasteiger partial charge in [-0.15, -0.1) is 0 Å². The van der Waals surface area contributed by atoms with E-state index in [-0.39, 0.29) is 30.6 Å². The van der Waals surface area contributed by atoms with E-state index >= 15 is 0 Å². The molecule has 46 heavy (non-hydrogen) atoms. The normalized spacial score (nSPS) is 16.3. The van der Waals surface area contributed by atoms with Gasteiger partial charge in [0.15, 0.2) is 0 Å². The summed E-state index contributed by atoms with van der Waals surface area (Å²) in [5, 5.41) is 1.93. The molecule has 1 heterocycles. The minimum Gasteiger partial charge on any atom is -0.488 e. The molecule has 7 heteroatoms. The summed E-state index contributed by atoms with van der Waals surface area (Å²) in [6.45, 7) is 7.85. The summed E-state index contributed by atoms with van der Waals surface area (Å²) < 4.78 is 21.6. The highest BCUT2D eigenvalue weighted by Gasteiger charge is 2.38. The van der Waals surface area contributed by atoms with Crippen molar-refractivity contribution in [3.63, 3.8) is 0 Å². The minimum atomic E-state index is -0.301. The molecule has 0 amide bonds. The maximum atomic E-state index is 13.5. The SMILES string of the molecule is CC(C)c1c(OCc2ccccc2)cc(OCc2ccccc2)c2c1C[C@@H](COC(=O)c1cccc3ccccc13)N(SI)[C@@H]2C. The number of fused-ring (bicyclic) bond motifs is 2. The molecule has 0 aliphatic carbocycles. The molecule has 6 rings (SSSR count). The van der Waals surface area contributed by atoms with Gasteiger partial charge in [-0.2, -0.15) is 0 Å². The van der Waals surface area contributed by atoms with Gasteiger partial charge in [0.1, 0.15) is 31.3 Å². The highest BCUT2D eigenvalue weighted by molar-refractivity contribution is 14.2. The molecule has 5 aromatic rings. The summed E-state index contributed by atoms with van der Waals surface area (Å²) >= 11 is 2.34. The topological polar surface area (TPSA) is 48.0 Å². The highest BCUT2D eigenvalue weighted by atomic mass is 127. The van der Waals surface area contributed by atoms with Crippen molar-refractivity contribution >= 4 is 47.1 Å². The Morgan fingerprint density at radius 3 is 2.11 bits per heavy atom. The first kappa shape index (κ1) is 32.4. The van der Waals surface area contributed by atoms with Crippen molar-refractivity contribution in [2.24, 2.45) is 0 Å². The van der Waals surface area contributed by atoms with Crippen LogP contribution in [0, 0.1) is 0 Å². The molecule has 2 atom stereocenters. The van der Waals surface area contributed by atoms with Gasteiger partial charge < -0.3 is 14.2 Å². The van der Waals surface area contributed by atoms with Gasteiger partial charge in [0.05, 0.1) is 11.6 Å². The van der Waals surface area contributed by atoms with Crippen LogP contribution in [0.15, 0.2) is 109 Å². The summed E-state index contributed by atoms with van der Waals surface area (Å²) in [6.07, 6.45) is 0.705. The number of nitrogens with zero attached hydrogens (tertiary/aromatic N) is 1. The van der Waals surface area contributed by atoms with Crippen molar-refractivity contribution in [2.75, 3.05) is 6.61 Å². The molecular weight excluding hydrogens is 705 g/mol. The van der Waals surface area contributed by atoms with Crippen LogP contribution in [0.5, 0.6) is 11.5 Å². The Kier molecular flexibility index (Phi) is 10.5. The van der Waals surface area contributed by atoms with Crippen LogP contribution in [0.2, 0.25) is 0 Å². The second kappa shape index (κ2) is 14.9. The number of rotatable bonds is 11. The fourth-order valence-electron chi connectivity index (χ4n) is 6.41. The quantitative estimate of drug-likeness (QED) is 0.0763. The van der Waals surface area contributed by atoms with Crippen LogP contribution in [-0.4, -0.2) is 22.9 Å². The predicted molar refractivity (Wildman–Crippen MR) is 196 cm³/mol. The molecule has 0 radical (unpaired) electrons. The zero-order valence-electron chi connectivity index (χ0n) is 26.3. The standard InChI is InChI=1S/C39H38INO4S/c1-26(2)37-34-21-31(25-45-39(42)33-20-12-18-30-17-10-11-19-32(30)33)41(46-40)27(3)38(34)36(44-24-29-15-8-5-9-16-29)22-35(37)43-23-28-13-6-4-7-14-28/h4-20,22,26-27,31H,21,23-25H2,1-3H3/t27-,31+/m1/s1. The van der Waals surface area contributed by atoms with E-state index in [9.17, 15) is 4.79 Å². The zero-order valence-corrected chi connectivity index (χ0v) is 29.3. The summed E-state index contributed by atoms with van der Waals surface area (Å²) in [5.41, 5.74) is 6.40. The fourth-order valence-corrected chi connectivity index (χ4v) is 8.87. The summed E-state index contributed by atoms with van der Waals surface area (Å²) in [6, 6.07) is 36.3. The number of esters is 1. The minimum absolute atomic E-state index is 0.0124. The number of halogens is 1. The molecule has 0 unspecified atom stereocenters. The van der Waals surface area contributed by atoms with Gasteiger partial charge in [0, 0.05) is 44.4 Å². The van der Waals surface area contributed by atoms with Crippen molar-refractivity contribution < 1.29 is 19.0 Å². The largest absolute Gasteiger partial charge is 0.488 e. The molecule has 0 saturated carbocycles. The summed E-state index contributed by atoms with van der Waals surface area (Å²) in [4.78, 5) is 13.5. The molecule has 0 fully saturated rings. The lowest BCUT2D eigenvalue weighted by molar-refractivity contribution is 0.0400. The van der Waals surface area contributed by atoms with Crippen LogP contribution in [0.4, 0.5) is 0 Å². The smallest absolute Gasteiger partial charge is 0.338 e. The average Bonchev–Trinajstić information content (AvgIpc) is 3.09. The lowest BCUT2D eigenvalue weighted by atomic mass is 9.82. The second-order valence-electron chi connectivity index (χ2n) is 12.0. The third-order valence-corrected chi connectivity index (χ3v) is 10.7. The lowest BCUT2D eigenvalue weighted by Gasteiger charge is -2.41. The van der Waals surface area contributed by atoms with Gasteiger partial charge in [-0.3, -0.25) is 0 Å². The van der Waals surface area contributed by atoms with Crippen LogP contribution in [-0.2, 0) is 24.4 Å². The van der Waals surface area contributed by atoms with E-state index in [2.05, 4.69) is 76.6 Å². The van der Waals surface area contributed by atoms with Gasteiger partial charge in [0.25, 0.3) is 0 Å². The van der Waals surface area contributed by atoms with E-state index in [0.29, 0.717) is 25.2 Å². The Morgan fingerprint density at radius 2 is 1.46 bits per heavy atom. The van der Waals surface area contributed by atoms with Crippen molar-refractivity contribution in [1.29, 1.82) is 0 Å². The number of ether oxygens (including phenoxy) is 3. The van der Waals surface area contributed by atoms with Crippen molar-refractivity contribution in [2.45, 2.75) is 58.4 Å². The summed E-state index contributed by atoms with van der Waals surface area (Å²) in [7, 11) is 1.65. The zero-order chi connectivity index (χ0) is 32.0. The number of carbonyl (C=O) groups is 1. The Balaban J connectivity index is 1.34. The second-order valence-corrected chi connectivity index (χ2v) is 13.7. The summed E-state index contributed by atoms with van der Waals surface area (Å²) in [5.74, 6) is 1.59. The maximum absolute atomic E-state index is 13.5. The van der Waals surface area contributed by atoms with E-state index < -0.39 is 0 Å². The Labute approximate surface area is 288 Å². The molecule has 1 aliphatic rings. The van der Waals surface area contributed by atoms with Gasteiger partial charge >= 0.3 is 5.97 Å². The number of benzene rings is 5. The lowest BCUT2D eigenvalue weighted by Crippen LogP contribution is -2.42. The molecule has 1 aliphatic heterocycles. The molecule has 0 bridgehead atoms. The van der Waals surface area contributed by atoms with Crippen LogP contribution in [0.1, 0.15) is 70.9 Å². The van der Waals surface area contributed by atoms with E-state index in [4.69, 9.17) is 14.2 Å². The van der Waals surface area contributed by atoms with Crippen molar-refractivity contribution in [3.05, 3.63) is 143 Å². The Bertz CT molecular complexity index is 1790. The fraction of sp³-hybridized carbons (Fsp3) is 0.256. The van der Waals surface area contributed by atoms with Gasteiger partial charge in [-0.1, -0.05) is 111 Å². The maximum Gasteiger partial charge on any atom is 0.338 e. The van der Waals surface area contributed by atoms with Gasteiger partial charge in [-0.05, 0) is 61.9 Å². The van der Waals surface area contributed by atoms with E-state index in [1.165, 1.54) is 16.7 Å². The van der Waals surface area contributed by atoms with E-state index in [1.807, 2.05) is 78.9 Å². The molecule has 236 valence electrons. The molecule has 0 N–H and O–H groups in total. The predicted octanol–water partition coefficient (Wildman–Crippen LogP) is 10.3. The van der Waals surface area contributed by atoms with Gasteiger partial charge in [0.2, 0.25) is 0 Å². The third kappa shape index (κ3) is 7.06. The van der Waals surface area contributed by atoms with Crippen LogP contribution in [0.3, 0.4) is 0 Å². The van der Waals surface area contributed by atoms with Crippen LogP contribution >= 0.6 is 30.3 Å². The first-order valence-corrected chi connectivity index (χ1v) is 19.0. The number of hydrogen-bond acceptors (Lipinski definition) is 6. The third-order valence-electron chi connectivity index (χ3n) is 8.59. The average molecular weight is 744 g/mol. The Morgan fingerprint density at radius 1 is 0.848 bits per heavy atom. The number of hydrogen-bond donors (Lipinski definition) is 0. The van der Waals surface area contributed by atoms with Crippen molar-refractivity contribution in [3.8, 4) is 11.5 Å². The van der Waals surface area contributed by atoms with E-state index in [1.54, 1.807) is 9.12 Å². The monoisotopic (exact) mass is 743 g/mol. The molecule has 5 nitrogen and oxygen atoms in total. The molecule has 5 aromatic carbocycles. The first-order valence-electron chi connectivity index (χ1n) is 15.7. The van der Waals surface area contributed by atoms with Gasteiger partial charge in [-0.25, -0.2) is 9.10 Å². The van der Waals surface area contributed by atoms with Crippen molar-refractivity contribution in [1.82, 2.24) is 4.31 Å².